The number of halogens is 3. The second kappa shape index (κ2) is 11.8. The van der Waals surface area contributed by atoms with Crippen molar-refractivity contribution < 1.29 is 41.8 Å². The summed E-state index contributed by atoms with van der Waals surface area (Å²) >= 11 is 0. The first kappa shape index (κ1) is 27.6. The molecule has 0 saturated carbocycles. The molecule has 1 fully saturated rings. The number of methoxy groups -OCH3 is 2. The van der Waals surface area contributed by atoms with Gasteiger partial charge in [0, 0.05) is 30.3 Å². The maximum atomic E-state index is 14.0. The molecule has 0 N–H and O–H groups in total. The van der Waals surface area contributed by atoms with Crippen molar-refractivity contribution in [2.24, 2.45) is 0 Å². The van der Waals surface area contributed by atoms with E-state index < -0.39 is 35.8 Å². The third-order valence-corrected chi connectivity index (χ3v) is 5.83. The Labute approximate surface area is 212 Å². The van der Waals surface area contributed by atoms with Gasteiger partial charge in [-0.25, -0.2) is 9.59 Å². The van der Waals surface area contributed by atoms with E-state index in [2.05, 4.69) is 4.74 Å². The van der Waals surface area contributed by atoms with Crippen LogP contribution in [0.2, 0.25) is 0 Å². The number of hydrogen-bond donors (Lipinski definition) is 0. The van der Waals surface area contributed by atoms with E-state index in [9.17, 15) is 27.6 Å². The number of carbonyl (C=O) groups is 3. The van der Waals surface area contributed by atoms with E-state index in [4.69, 9.17) is 9.47 Å². The van der Waals surface area contributed by atoms with Gasteiger partial charge in [-0.05, 0) is 30.7 Å². The zero-order chi connectivity index (χ0) is 27.2. The normalized spacial score (nSPS) is 16.0. The van der Waals surface area contributed by atoms with E-state index in [1.807, 2.05) is 0 Å². The first-order valence-corrected chi connectivity index (χ1v) is 11.4. The van der Waals surface area contributed by atoms with Gasteiger partial charge in [-0.1, -0.05) is 30.3 Å². The molecule has 0 aliphatic carbocycles. The quantitative estimate of drug-likeness (QED) is 0.419. The van der Waals surface area contributed by atoms with Crippen LogP contribution in [0.5, 0.6) is 5.75 Å². The second-order valence-corrected chi connectivity index (χ2v) is 8.02. The number of esters is 1. The van der Waals surface area contributed by atoms with E-state index in [0.717, 1.165) is 19.3 Å². The summed E-state index contributed by atoms with van der Waals surface area (Å²) in [6.45, 7) is 1.94. The predicted molar refractivity (Wildman–Crippen MR) is 129 cm³/mol. The Morgan fingerprint density at radius 2 is 1.76 bits per heavy atom. The fourth-order valence-electron chi connectivity index (χ4n) is 4.14. The third kappa shape index (κ3) is 6.22. The van der Waals surface area contributed by atoms with Crippen LogP contribution in [-0.4, -0.2) is 74.3 Å². The maximum Gasteiger partial charge on any atom is 0.417 e. The molecule has 2 aromatic carbocycles. The van der Waals surface area contributed by atoms with Gasteiger partial charge in [0.15, 0.2) is 0 Å². The van der Waals surface area contributed by atoms with E-state index in [-0.39, 0.29) is 48.7 Å². The Morgan fingerprint density at radius 1 is 1.03 bits per heavy atom. The topological polar surface area (TPSA) is 85.4 Å². The molecular formula is C26H27F3N2O6. The highest BCUT2D eigenvalue weighted by molar-refractivity contribution is 5.96. The Bertz CT molecular complexity index is 1180. The van der Waals surface area contributed by atoms with Crippen molar-refractivity contribution in [3.05, 3.63) is 59.7 Å². The fourth-order valence-corrected chi connectivity index (χ4v) is 4.14. The highest BCUT2D eigenvalue weighted by Gasteiger charge is 2.38. The second-order valence-electron chi connectivity index (χ2n) is 8.02. The molecule has 0 aromatic heterocycles. The summed E-state index contributed by atoms with van der Waals surface area (Å²) in [5, 5.41) is 0. The molecule has 1 heterocycles. The smallest absolute Gasteiger partial charge is 0.417 e. The Morgan fingerprint density at radius 3 is 2.41 bits per heavy atom. The molecule has 37 heavy (non-hydrogen) atoms. The summed E-state index contributed by atoms with van der Waals surface area (Å²) in [6, 6.07) is 8.94. The molecule has 2 amide bonds. The summed E-state index contributed by atoms with van der Waals surface area (Å²) in [6.07, 6.45) is -2.94. The van der Waals surface area contributed by atoms with Crippen LogP contribution in [0.1, 0.15) is 18.1 Å². The minimum absolute atomic E-state index is 0.000656. The van der Waals surface area contributed by atoms with Crippen molar-refractivity contribution in [3.8, 4) is 16.9 Å². The number of piperazine rings is 1. The number of carbonyl (C=O) groups excluding carboxylic acids is 3. The summed E-state index contributed by atoms with van der Waals surface area (Å²) in [5.74, 6) is -1.09. The Kier molecular flexibility index (Phi) is 8.80. The van der Waals surface area contributed by atoms with E-state index >= 15 is 0 Å². The van der Waals surface area contributed by atoms with Gasteiger partial charge in [0.2, 0.25) is 5.91 Å². The zero-order valence-electron chi connectivity index (χ0n) is 20.6. The standard InChI is InChI=1S/C26H27F3N2O6/c1-4-37-21-11-6-5-9-18(21)23-17(8-7-10-19(23)26(27,28)29)12-13-22(32)31-15-14-30(25(34)36-3)16-20(31)24(33)35-2/h5-13,20H,4,14-16H2,1-3H3/b13-12+. The summed E-state index contributed by atoms with van der Waals surface area (Å²) < 4.78 is 57.0. The monoisotopic (exact) mass is 520 g/mol. The average molecular weight is 521 g/mol. The SMILES string of the molecule is CCOc1ccccc1-c1c(/C=C/C(=O)N2CCN(C(=O)OC)CC2C(=O)OC)cccc1C(F)(F)F. The summed E-state index contributed by atoms with van der Waals surface area (Å²) in [4.78, 5) is 39.8. The molecule has 1 aliphatic rings. The van der Waals surface area contributed by atoms with Gasteiger partial charge in [-0.15, -0.1) is 0 Å². The lowest BCUT2D eigenvalue weighted by Gasteiger charge is -2.38. The summed E-state index contributed by atoms with van der Waals surface area (Å²) in [7, 11) is 2.36. The van der Waals surface area contributed by atoms with Crippen LogP contribution in [-0.2, 0) is 25.2 Å². The molecule has 8 nitrogen and oxygen atoms in total. The molecule has 1 saturated heterocycles. The molecule has 1 aliphatic heterocycles. The average Bonchev–Trinajstić information content (AvgIpc) is 2.90. The van der Waals surface area contributed by atoms with Gasteiger partial charge in [-0.3, -0.25) is 4.79 Å². The van der Waals surface area contributed by atoms with Crippen molar-refractivity contribution in [1.82, 2.24) is 9.80 Å². The number of para-hydroxylation sites is 1. The molecule has 11 heteroatoms. The third-order valence-electron chi connectivity index (χ3n) is 5.83. The van der Waals surface area contributed by atoms with Crippen molar-refractivity contribution >= 4 is 24.0 Å². The fraction of sp³-hybridized carbons (Fsp3) is 0.346. The molecule has 0 bridgehead atoms. The van der Waals surface area contributed by atoms with Gasteiger partial charge in [0.25, 0.3) is 0 Å². The Hall–Kier alpha value is -4.02. The number of amides is 2. The highest BCUT2D eigenvalue weighted by Crippen LogP contribution is 2.42. The first-order chi connectivity index (χ1) is 17.6. The minimum Gasteiger partial charge on any atom is -0.493 e. The first-order valence-electron chi connectivity index (χ1n) is 11.4. The van der Waals surface area contributed by atoms with E-state index in [0.29, 0.717) is 0 Å². The lowest BCUT2D eigenvalue weighted by Crippen LogP contribution is -2.59. The number of nitrogens with zero attached hydrogens (tertiary/aromatic N) is 2. The van der Waals surface area contributed by atoms with Crippen molar-refractivity contribution in [2.75, 3.05) is 40.5 Å². The largest absolute Gasteiger partial charge is 0.493 e. The lowest BCUT2D eigenvalue weighted by molar-refractivity contribution is -0.154. The van der Waals surface area contributed by atoms with Crippen molar-refractivity contribution in [2.45, 2.75) is 19.1 Å². The van der Waals surface area contributed by atoms with Crippen LogP contribution in [0.15, 0.2) is 48.5 Å². The lowest BCUT2D eigenvalue weighted by atomic mass is 9.93. The van der Waals surface area contributed by atoms with Gasteiger partial charge >= 0.3 is 18.2 Å². The van der Waals surface area contributed by atoms with Crippen molar-refractivity contribution in [3.63, 3.8) is 0 Å². The minimum atomic E-state index is -4.66. The van der Waals surface area contributed by atoms with Gasteiger partial charge in [-0.2, -0.15) is 13.2 Å². The van der Waals surface area contributed by atoms with Crippen LogP contribution in [0.4, 0.5) is 18.0 Å². The molecule has 198 valence electrons. The van der Waals surface area contributed by atoms with Crippen molar-refractivity contribution in [1.29, 1.82) is 0 Å². The molecule has 3 rings (SSSR count). The molecule has 0 spiro atoms. The number of rotatable bonds is 6. The number of hydrogen-bond acceptors (Lipinski definition) is 6. The van der Waals surface area contributed by atoms with Crippen LogP contribution in [0.25, 0.3) is 17.2 Å². The molecule has 0 radical (unpaired) electrons. The highest BCUT2D eigenvalue weighted by atomic mass is 19.4. The Balaban J connectivity index is 2.01. The van der Waals surface area contributed by atoms with Gasteiger partial charge in [0.05, 0.1) is 32.9 Å². The van der Waals surface area contributed by atoms with E-state index in [1.165, 1.54) is 41.2 Å². The van der Waals surface area contributed by atoms with E-state index in [1.54, 1.807) is 25.1 Å². The van der Waals surface area contributed by atoms with Gasteiger partial charge < -0.3 is 24.0 Å². The van der Waals surface area contributed by atoms with Crippen LogP contribution in [0.3, 0.4) is 0 Å². The molecular weight excluding hydrogens is 493 g/mol. The molecule has 1 unspecified atom stereocenters. The van der Waals surface area contributed by atoms with Crippen LogP contribution in [0, 0.1) is 0 Å². The number of ether oxygens (including phenoxy) is 3. The molecule has 1 atom stereocenters. The predicted octanol–water partition coefficient (Wildman–Crippen LogP) is 4.24. The molecule has 2 aromatic rings. The zero-order valence-corrected chi connectivity index (χ0v) is 20.6. The van der Waals surface area contributed by atoms with Crippen LogP contribution >= 0.6 is 0 Å². The number of benzene rings is 2. The number of alkyl halides is 3. The van der Waals surface area contributed by atoms with Gasteiger partial charge in [0.1, 0.15) is 11.8 Å². The summed E-state index contributed by atoms with van der Waals surface area (Å²) in [5.41, 5.74) is -0.654. The maximum absolute atomic E-state index is 14.0. The van der Waals surface area contributed by atoms with Crippen LogP contribution < -0.4 is 4.74 Å².